The van der Waals surface area contributed by atoms with Gasteiger partial charge in [-0.2, -0.15) is 0 Å². The van der Waals surface area contributed by atoms with E-state index in [9.17, 15) is 14.4 Å². The van der Waals surface area contributed by atoms with Crippen molar-refractivity contribution in [3.05, 3.63) is 23.1 Å². The van der Waals surface area contributed by atoms with Crippen LogP contribution < -0.4 is 20.1 Å². The summed E-state index contributed by atoms with van der Waals surface area (Å²) in [4.78, 5) is 43.9. The number of carbonyl (C=O) groups is 3. The van der Waals surface area contributed by atoms with E-state index in [1.54, 1.807) is 27.2 Å². The number of benzene rings is 1. The maximum atomic E-state index is 12.7. The molecule has 1 aromatic carbocycles. The average molecular weight is 445 g/mol. The number of nitrogens with zero attached hydrogens (tertiary/aromatic N) is 2. The number of ether oxygens (including phenoxy) is 2. The van der Waals surface area contributed by atoms with Crippen LogP contribution in [0.25, 0.3) is 11.3 Å². The summed E-state index contributed by atoms with van der Waals surface area (Å²) < 4.78 is 10.6. The van der Waals surface area contributed by atoms with Gasteiger partial charge in [0, 0.05) is 10.4 Å². The lowest BCUT2D eigenvalue weighted by Gasteiger charge is -2.20. The molecule has 0 bridgehead atoms. The summed E-state index contributed by atoms with van der Waals surface area (Å²) >= 11 is 1.32. The smallest absolute Gasteiger partial charge is 0.325 e. The third kappa shape index (κ3) is 3.83. The molecular formula is C21H24N4O5S. The minimum atomic E-state index is -0.907. The number of hydrogen-bond donors (Lipinski definition) is 2. The molecule has 1 aliphatic carbocycles. The van der Waals surface area contributed by atoms with Gasteiger partial charge in [0.1, 0.15) is 12.1 Å². The summed E-state index contributed by atoms with van der Waals surface area (Å²) in [7, 11) is 3.13. The standard InChI is InChI=1S/C21H24N4O5S/c1-11-17(12-5-8-14(29-3)15(9-12)30-4)23-19(31-11)22-16(26)10-25-18(27)21(2,13-6-7-13)24-20(25)28/h5,8-9,13H,6-7,10H2,1-4H3,(H,24,28)(H,22,23,26). The number of aryl methyl sites for hydroxylation is 1. The van der Waals surface area contributed by atoms with Crippen LogP contribution in [0.15, 0.2) is 18.2 Å². The fourth-order valence-electron chi connectivity index (χ4n) is 3.80. The lowest BCUT2D eigenvalue weighted by atomic mass is 9.96. The Labute approximate surface area is 183 Å². The molecule has 10 heteroatoms. The largest absolute Gasteiger partial charge is 0.493 e. The highest BCUT2D eigenvalue weighted by Crippen LogP contribution is 2.42. The van der Waals surface area contributed by atoms with Crippen LogP contribution in [0.5, 0.6) is 11.5 Å². The maximum Gasteiger partial charge on any atom is 0.325 e. The normalized spacial score (nSPS) is 20.6. The van der Waals surface area contributed by atoms with Crippen molar-refractivity contribution in [2.45, 2.75) is 32.2 Å². The van der Waals surface area contributed by atoms with Gasteiger partial charge in [0.15, 0.2) is 16.6 Å². The Morgan fingerprint density at radius 1 is 1.29 bits per heavy atom. The van der Waals surface area contributed by atoms with Gasteiger partial charge in [-0.05, 0) is 50.8 Å². The molecule has 1 saturated heterocycles. The first-order valence-electron chi connectivity index (χ1n) is 9.90. The van der Waals surface area contributed by atoms with E-state index in [-0.39, 0.29) is 18.4 Å². The molecule has 1 unspecified atom stereocenters. The number of thiazole rings is 1. The van der Waals surface area contributed by atoms with Crippen molar-refractivity contribution in [3.8, 4) is 22.8 Å². The summed E-state index contributed by atoms with van der Waals surface area (Å²) in [5, 5.41) is 5.83. The Morgan fingerprint density at radius 2 is 2.00 bits per heavy atom. The highest BCUT2D eigenvalue weighted by atomic mass is 32.1. The van der Waals surface area contributed by atoms with E-state index in [0.29, 0.717) is 22.3 Å². The van der Waals surface area contributed by atoms with Gasteiger partial charge in [-0.15, -0.1) is 11.3 Å². The van der Waals surface area contributed by atoms with E-state index in [2.05, 4.69) is 15.6 Å². The molecule has 2 aliphatic rings. The molecule has 9 nitrogen and oxygen atoms in total. The second-order valence-corrected chi connectivity index (χ2v) is 9.04. The van der Waals surface area contributed by atoms with Crippen LogP contribution >= 0.6 is 11.3 Å². The van der Waals surface area contributed by atoms with Crippen LogP contribution in [0.1, 0.15) is 24.6 Å². The molecule has 164 valence electrons. The molecule has 1 aliphatic heterocycles. The fraction of sp³-hybridized carbons (Fsp3) is 0.429. The number of anilines is 1. The van der Waals surface area contributed by atoms with Crippen LogP contribution in [0.4, 0.5) is 9.93 Å². The molecule has 4 amide bonds. The van der Waals surface area contributed by atoms with Gasteiger partial charge in [-0.1, -0.05) is 0 Å². The number of amides is 4. The molecule has 2 fully saturated rings. The Kier molecular flexibility index (Phi) is 5.34. The monoisotopic (exact) mass is 444 g/mol. The number of methoxy groups -OCH3 is 2. The van der Waals surface area contributed by atoms with Gasteiger partial charge in [-0.3, -0.25) is 14.5 Å². The topological polar surface area (TPSA) is 110 Å². The SMILES string of the molecule is COc1ccc(-c2nc(NC(=O)CN3C(=O)NC(C)(C4CC4)C3=O)sc2C)cc1OC. The molecule has 2 N–H and O–H groups in total. The Hall–Kier alpha value is -3.14. The molecule has 1 aromatic heterocycles. The molecule has 1 atom stereocenters. The van der Waals surface area contributed by atoms with Crippen LogP contribution in [0.2, 0.25) is 0 Å². The van der Waals surface area contributed by atoms with Gasteiger partial charge in [0.2, 0.25) is 5.91 Å². The highest BCUT2D eigenvalue weighted by Gasteiger charge is 2.56. The first kappa shape index (κ1) is 21.1. The number of aromatic nitrogens is 1. The van der Waals surface area contributed by atoms with Crippen molar-refractivity contribution >= 4 is 34.3 Å². The van der Waals surface area contributed by atoms with E-state index in [4.69, 9.17) is 9.47 Å². The van der Waals surface area contributed by atoms with Crippen molar-refractivity contribution in [2.75, 3.05) is 26.1 Å². The minimum Gasteiger partial charge on any atom is -0.493 e. The zero-order valence-electron chi connectivity index (χ0n) is 17.8. The van der Waals surface area contributed by atoms with Gasteiger partial charge >= 0.3 is 6.03 Å². The van der Waals surface area contributed by atoms with E-state index in [1.165, 1.54) is 11.3 Å². The second-order valence-electron chi connectivity index (χ2n) is 7.84. The summed E-state index contributed by atoms with van der Waals surface area (Å²) in [6, 6.07) is 4.94. The Balaban J connectivity index is 1.47. The van der Waals surface area contributed by atoms with Crippen molar-refractivity contribution in [1.82, 2.24) is 15.2 Å². The highest BCUT2D eigenvalue weighted by molar-refractivity contribution is 7.16. The lowest BCUT2D eigenvalue weighted by Crippen LogP contribution is -2.46. The van der Waals surface area contributed by atoms with Gasteiger partial charge in [-0.25, -0.2) is 9.78 Å². The van der Waals surface area contributed by atoms with Gasteiger partial charge in [0.25, 0.3) is 5.91 Å². The number of carbonyl (C=O) groups excluding carboxylic acids is 3. The molecule has 0 radical (unpaired) electrons. The fourth-order valence-corrected chi connectivity index (χ4v) is 4.65. The predicted octanol–water partition coefficient (Wildman–Crippen LogP) is 2.79. The molecule has 4 rings (SSSR count). The van der Waals surface area contributed by atoms with Crippen molar-refractivity contribution in [3.63, 3.8) is 0 Å². The predicted molar refractivity (Wildman–Crippen MR) is 115 cm³/mol. The summed E-state index contributed by atoms with van der Waals surface area (Å²) in [5.41, 5.74) is 0.620. The van der Waals surface area contributed by atoms with E-state index in [0.717, 1.165) is 28.2 Å². The molecular weight excluding hydrogens is 420 g/mol. The number of hydrogen-bond acceptors (Lipinski definition) is 7. The average Bonchev–Trinajstić information content (AvgIpc) is 3.51. The van der Waals surface area contributed by atoms with E-state index < -0.39 is 17.5 Å². The first-order valence-corrected chi connectivity index (χ1v) is 10.7. The molecule has 31 heavy (non-hydrogen) atoms. The Bertz CT molecular complexity index is 1060. The number of rotatable bonds is 7. The molecule has 2 heterocycles. The van der Waals surface area contributed by atoms with Crippen molar-refractivity contribution in [1.29, 1.82) is 0 Å². The first-order chi connectivity index (χ1) is 14.8. The van der Waals surface area contributed by atoms with Crippen molar-refractivity contribution in [2.24, 2.45) is 5.92 Å². The summed E-state index contributed by atoms with van der Waals surface area (Å²) in [6.07, 6.45) is 1.81. The van der Waals surface area contributed by atoms with E-state index >= 15 is 0 Å². The number of nitrogens with one attached hydrogen (secondary N) is 2. The zero-order valence-corrected chi connectivity index (χ0v) is 18.6. The lowest BCUT2D eigenvalue weighted by molar-refractivity contribution is -0.134. The van der Waals surface area contributed by atoms with Crippen LogP contribution in [0, 0.1) is 12.8 Å². The molecule has 1 saturated carbocycles. The van der Waals surface area contributed by atoms with Crippen LogP contribution in [-0.4, -0.2) is 54.0 Å². The number of imide groups is 1. The zero-order chi connectivity index (χ0) is 22.3. The molecule has 2 aromatic rings. The van der Waals surface area contributed by atoms with Gasteiger partial charge < -0.3 is 20.1 Å². The summed E-state index contributed by atoms with van der Waals surface area (Å²) in [6.45, 7) is 3.28. The van der Waals surface area contributed by atoms with E-state index in [1.807, 2.05) is 19.1 Å². The van der Waals surface area contributed by atoms with Crippen LogP contribution in [-0.2, 0) is 9.59 Å². The second kappa shape index (κ2) is 7.84. The molecule has 0 spiro atoms. The number of urea groups is 1. The third-order valence-electron chi connectivity index (χ3n) is 5.70. The Morgan fingerprint density at radius 3 is 2.65 bits per heavy atom. The maximum absolute atomic E-state index is 12.7. The third-order valence-corrected chi connectivity index (χ3v) is 6.58. The van der Waals surface area contributed by atoms with Crippen LogP contribution in [0.3, 0.4) is 0 Å². The summed E-state index contributed by atoms with van der Waals surface area (Å²) in [5.74, 6) is 0.505. The minimum absolute atomic E-state index is 0.141. The van der Waals surface area contributed by atoms with Gasteiger partial charge in [0.05, 0.1) is 19.9 Å². The quantitative estimate of drug-likeness (QED) is 0.636. The van der Waals surface area contributed by atoms with Crippen molar-refractivity contribution < 1.29 is 23.9 Å².